The van der Waals surface area contributed by atoms with E-state index < -0.39 is 0 Å². The average molecular weight is 412 g/mol. The van der Waals surface area contributed by atoms with E-state index in [2.05, 4.69) is 44.4 Å². The molecule has 30 heavy (non-hydrogen) atoms. The highest BCUT2D eigenvalue weighted by Gasteiger charge is 2.10. The lowest BCUT2D eigenvalue weighted by molar-refractivity contribution is 0.415. The van der Waals surface area contributed by atoms with Gasteiger partial charge in [0.15, 0.2) is 0 Å². The molecule has 0 saturated heterocycles. The van der Waals surface area contributed by atoms with Crippen LogP contribution in [0, 0.1) is 0 Å². The van der Waals surface area contributed by atoms with Crippen molar-refractivity contribution in [1.29, 1.82) is 0 Å². The second-order valence-corrected chi connectivity index (χ2v) is 7.27. The number of nitrogens with zero attached hydrogens (tertiary/aromatic N) is 3. The lowest BCUT2D eigenvalue weighted by Gasteiger charge is -2.09. The number of para-hydroxylation sites is 1. The monoisotopic (exact) mass is 411 g/mol. The first-order valence-electron chi connectivity index (χ1n) is 9.54. The Labute approximate surface area is 179 Å². The van der Waals surface area contributed by atoms with E-state index in [0.717, 1.165) is 33.1 Å². The van der Waals surface area contributed by atoms with Gasteiger partial charge in [-0.3, -0.25) is 4.57 Å². The maximum Gasteiger partial charge on any atom is 0.215 e. The molecule has 0 aliphatic rings. The third kappa shape index (κ3) is 4.64. The minimum atomic E-state index is 0.802. The zero-order valence-corrected chi connectivity index (χ0v) is 17.4. The van der Waals surface area contributed by atoms with Crippen molar-refractivity contribution in [2.45, 2.75) is 0 Å². The zero-order chi connectivity index (χ0) is 20.6. The van der Waals surface area contributed by atoms with E-state index in [9.17, 15) is 0 Å². The predicted octanol–water partition coefficient (Wildman–Crippen LogP) is 5.81. The van der Waals surface area contributed by atoms with Crippen molar-refractivity contribution in [3.05, 3.63) is 107 Å². The highest BCUT2D eigenvalue weighted by molar-refractivity contribution is 7.07. The van der Waals surface area contributed by atoms with Crippen molar-refractivity contribution in [3.8, 4) is 22.7 Å². The van der Waals surface area contributed by atoms with Gasteiger partial charge in [-0.05, 0) is 53.6 Å². The molecule has 0 spiro atoms. The first-order chi connectivity index (χ1) is 14.8. The fourth-order valence-electron chi connectivity index (χ4n) is 3.01. The van der Waals surface area contributed by atoms with Gasteiger partial charge in [0, 0.05) is 17.3 Å². The summed E-state index contributed by atoms with van der Waals surface area (Å²) in [4.78, 5) is 0.802. The lowest BCUT2D eigenvalue weighted by atomic mass is 10.1. The van der Waals surface area contributed by atoms with Gasteiger partial charge in [-0.25, -0.2) is 0 Å². The van der Waals surface area contributed by atoms with Gasteiger partial charge in [0.25, 0.3) is 0 Å². The third-order valence-corrected chi connectivity index (χ3v) is 5.31. The van der Waals surface area contributed by atoms with Crippen molar-refractivity contribution >= 4 is 23.6 Å². The molecule has 0 atom stereocenters. The fraction of sp³-hybridized carbons (Fsp3) is 0.0400. The molecular weight excluding hydrogens is 390 g/mol. The summed E-state index contributed by atoms with van der Waals surface area (Å²) in [6.45, 7) is 0. The van der Waals surface area contributed by atoms with Gasteiger partial charge >= 0.3 is 0 Å². The molecule has 4 rings (SSSR count). The molecule has 1 heterocycles. The number of aromatic nitrogens is 1. The first-order valence-corrected chi connectivity index (χ1v) is 10.4. The molecule has 0 aliphatic heterocycles. The normalized spacial score (nSPS) is 12.1. The molecule has 3 aromatic carbocycles. The van der Waals surface area contributed by atoms with Crippen LogP contribution in [0.3, 0.4) is 0 Å². The predicted molar refractivity (Wildman–Crippen MR) is 125 cm³/mol. The number of rotatable bonds is 6. The quantitative estimate of drug-likeness (QED) is 0.291. The summed E-state index contributed by atoms with van der Waals surface area (Å²) < 4.78 is 7.40. The van der Waals surface area contributed by atoms with E-state index in [1.165, 1.54) is 0 Å². The Balaban J connectivity index is 1.69. The Morgan fingerprint density at radius 3 is 2.27 bits per heavy atom. The minimum absolute atomic E-state index is 0.802. The molecule has 0 N–H and O–H groups in total. The van der Waals surface area contributed by atoms with Crippen molar-refractivity contribution in [3.63, 3.8) is 0 Å². The minimum Gasteiger partial charge on any atom is -0.497 e. The largest absolute Gasteiger partial charge is 0.497 e. The van der Waals surface area contributed by atoms with E-state index in [1.54, 1.807) is 24.7 Å². The molecule has 0 saturated carbocycles. The average Bonchev–Trinajstić information content (AvgIpc) is 3.24. The van der Waals surface area contributed by atoms with Crippen LogP contribution < -0.4 is 9.54 Å². The Morgan fingerprint density at radius 2 is 1.57 bits per heavy atom. The van der Waals surface area contributed by atoms with Crippen LogP contribution in [-0.4, -0.2) is 17.9 Å². The van der Waals surface area contributed by atoms with E-state index in [4.69, 9.17) is 4.74 Å². The number of allylic oxidation sites excluding steroid dienone is 1. The standard InChI is InChI=1S/C25H21N3OS/c1-29-23-16-14-21(15-17-23)24-19-30-25(28(24)22-12-6-3-7-13-22)27-26-18-8-11-20-9-4-2-5-10-20/h2-19H,1H3. The summed E-state index contributed by atoms with van der Waals surface area (Å²) in [7, 11) is 1.67. The molecule has 148 valence electrons. The molecule has 0 aliphatic carbocycles. The summed E-state index contributed by atoms with van der Waals surface area (Å²) in [6, 6.07) is 28.3. The molecule has 4 nitrogen and oxygen atoms in total. The molecule has 1 aromatic heterocycles. The SMILES string of the molecule is COc1ccc(-c2csc(=NN=CC=Cc3ccccc3)n2-c2ccccc2)cc1. The van der Waals surface area contributed by atoms with Gasteiger partial charge in [0.1, 0.15) is 5.75 Å². The molecular formula is C25H21N3OS. The number of benzene rings is 3. The van der Waals surface area contributed by atoms with Crippen LogP contribution in [0.25, 0.3) is 23.0 Å². The highest BCUT2D eigenvalue weighted by Crippen LogP contribution is 2.25. The molecule has 4 aromatic rings. The summed E-state index contributed by atoms with van der Waals surface area (Å²) in [5, 5.41) is 10.8. The summed E-state index contributed by atoms with van der Waals surface area (Å²) in [5.74, 6) is 0.833. The smallest absolute Gasteiger partial charge is 0.215 e. The van der Waals surface area contributed by atoms with Gasteiger partial charge in [0.05, 0.1) is 12.8 Å². The molecule has 0 amide bonds. The highest BCUT2D eigenvalue weighted by atomic mass is 32.1. The Bertz CT molecular complexity index is 1200. The van der Waals surface area contributed by atoms with Crippen LogP contribution in [-0.2, 0) is 0 Å². The lowest BCUT2D eigenvalue weighted by Crippen LogP contribution is -2.13. The van der Waals surface area contributed by atoms with Gasteiger partial charge in [-0.2, -0.15) is 5.10 Å². The van der Waals surface area contributed by atoms with Crippen LogP contribution in [0.4, 0.5) is 0 Å². The van der Waals surface area contributed by atoms with E-state index >= 15 is 0 Å². The number of hydrogen-bond donors (Lipinski definition) is 0. The van der Waals surface area contributed by atoms with E-state index in [0.29, 0.717) is 0 Å². The number of ether oxygens (including phenoxy) is 1. The van der Waals surface area contributed by atoms with Crippen LogP contribution >= 0.6 is 11.3 Å². The van der Waals surface area contributed by atoms with Crippen molar-refractivity contribution in [1.82, 2.24) is 4.57 Å². The molecule has 0 fully saturated rings. The van der Waals surface area contributed by atoms with Crippen molar-refractivity contribution in [2.24, 2.45) is 10.2 Å². The van der Waals surface area contributed by atoms with Crippen molar-refractivity contribution < 1.29 is 4.74 Å². The summed E-state index contributed by atoms with van der Waals surface area (Å²) in [6.07, 6.45) is 5.60. The van der Waals surface area contributed by atoms with Crippen LogP contribution in [0.5, 0.6) is 5.75 Å². The van der Waals surface area contributed by atoms with Crippen LogP contribution in [0.2, 0.25) is 0 Å². The number of hydrogen-bond acceptors (Lipinski definition) is 4. The molecule has 0 bridgehead atoms. The second-order valence-electron chi connectivity index (χ2n) is 6.44. The maximum atomic E-state index is 5.28. The van der Waals surface area contributed by atoms with Crippen LogP contribution in [0.15, 0.2) is 107 Å². The van der Waals surface area contributed by atoms with Gasteiger partial charge in [0.2, 0.25) is 4.80 Å². The topological polar surface area (TPSA) is 38.9 Å². The second kappa shape index (κ2) is 9.67. The zero-order valence-electron chi connectivity index (χ0n) is 16.6. The molecule has 5 heteroatoms. The number of methoxy groups -OCH3 is 1. The first kappa shape index (κ1) is 19.6. The molecule has 0 unspecified atom stereocenters. The summed E-state index contributed by atoms with van der Waals surface area (Å²) in [5.41, 5.74) is 4.31. The number of thiazole rings is 1. The van der Waals surface area contributed by atoms with Gasteiger partial charge in [-0.15, -0.1) is 16.4 Å². The maximum absolute atomic E-state index is 5.28. The van der Waals surface area contributed by atoms with Gasteiger partial charge in [-0.1, -0.05) is 54.6 Å². The Kier molecular flexibility index (Phi) is 6.32. The van der Waals surface area contributed by atoms with E-state index in [-0.39, 0.29) is 0 Å². The summed E-state index contributed by atoms with van der Waals surface area (Å²) >= 11 is 1.56. The van der Waals surface area contributed by atoms with Gasteiger partial charge < -0.3 is 4.74 Å². The molecule has 0 radical (unpaired) electrons. The Morgan fingerprint density at radius 1 is 0.867 bits per heavy atom. The van der Waals surface area contributed by atoms with Crippen molar-refractivity contribution in [2.75, 3.05) is 7.11 Å². The van der Waals surface area contributed by atoms with E-state index in [1.807, 2.05) is 72.8 Å². The van der Waals surface area contributed by atoms with Crippen LogP contribution in [0.1, 0.15) is 5.56 Å². The fourth-order valence-corrected chi connectivity index (χ4v) is 3.87. The third-order valence-electron chi connectivity index (χ3n) is 4.49. The Hall–Kier alpha value is -3.70.